The molecular weight excluding hydrogens is 304 g/mol. The largest absolute Gasteiger partial charge is 0.326 e. The molecule has 0 atom stereocenters. The summed E-state index contributed by atoms with van der Waals surface area (Å²) in [5.41, 5.74) is 5.87. The summed E-state index contributed by atoms with van der Waals surface area (Å²) in [5, 5.41) is 1.67. The lowest BCUT2D eigenvalue weighted by Crippen LogP contribution is -2.45. The van der Waals surface area contributed by atoms with Crippen LogP contribution in [-0.4, -0.2) is 14.5 Å². The van der Waals surface area contributed by atoms with Gasteiger partial charge >= 0.3 is 0 Å². The zero-order valence-electron chi connectivity index (χ0n) is 13.3. The molecule has 0 unspecified atom stereocenters. The van der Waals surface area contributed by atoms with Crippen LogP contribution >= 0.6 is 11.3 Å². The van der Waals surface area contributed by atoms with E-state index in [1.165, 1.54) is 11.3 Å². The van der Waals surface area contributed by atoms with Crippen LogP contribution in [0.5, 0.6) is 0 Å². The molecule has 3 N–H and O–H groups in total. The number of nitrogens with one attached hydrogen (secondary N) is 1. The normalized spacial score (nSPS) is 22.3. The molecule has 0 saturated heterocycles. The molecule has 0 amide bonds. The molecule has 4 nitrogen and oxygen atoms in total. The van der Waals surface area contributed by atoms with Crippen molar-refractivity contribution in [2.75, 3.05) is 0 Å². The van der Waals surface area contributed by atoms with Crippen LogP contribution in [0.4, 0.5) is 0 Å². The van der Waals surface area contributed by atoms with Crippen molar-refractivity contribution in [3.63, 3.8) is 0 Å². The van der Waals surface area contributed by atoms with E-state index in [0.717, 1.165) is 24.1 Å². The lowest BCUT2D eigenvalue weighted by atomic mass is 9.64. The van der Waals surface area contributed by atoms with E-state index in [1.54, 1.807) is 11.4 Å². The van der Waals surface area contributed by atoms with E-state index >= 15 is 0 Å². The van der Waals surface area contributed by atoms with Crippen molar-refractivity contribution in [2.24, 2.45) is 16.6 Å². The zero-order chi connectivity index (χ0) is 15.9. The Hall–Kier alpha value is -0.430. The number of rotatable bonds is 4. The van der Waals surface area contributed by atoms with Crippen LogP contribution in [0.3, 0.4) is 0 Å². The molecule has 0 aliphatic heterocycles. The van der Waals surface area contributed by atoms with Crippen LogP contribution < -0.4 is 10.5 Å². The second-order valence-electron chi connectivity index (χ2n) is 7.68. The van der Waals surface area contributed by atoms with Gasteiger partial charge in [-0.1, -0.05) is 27.7 Å². The fraction of sp³-hybridized carbons (Fsp3) is 0.733. The molecule has 1 aliphatic carbocycles. The Bertz CT molecular complexity index is 587. The molecule has 2 rings (SSSR count). The standard InChI is InChI=1S/C15H26N2O2S2/c1-14(2)6-11(7-15(3,4)10-14)17-21(18,19)13-5-12(8-16)20-9-13/h5,9,11,17H,6-8,10,16H2,1-4H3. The van der Waals surface area contributed by atoms with Gasteiger partial charge in [0.05, 0.1) is 4.90 Å². The molecular formula is C15H26N2O2S2. The van der Waals surface area contributed by atoms with E-state index in [9.17, 15) is 8.42 Å². The summed E-state index contributed by atoms with van der Waals surface area (Å²) in [6.07, 6.45) is 2.88. The van der Waals surface area contributed by atoms with E-state index in [1.807, 2.05) is 0 Å². The van der Waals surface area contributed by atoms with E-state index in [-0.39, 0.29) is 16.9 Å². The van der Waals surface area contributed by atoms with Crippen LogP contribution in [-0.2, 0) is 16.6 Å². The molecule has 0 radical (unpaired) electrons. The van der Waals surface area contributed by atoms with Gasteiger partial charge < -0.3 is 5.73 Å². The van der Waals surface area contributed by atoms with Crippen molar-refractivity contribution >= 4 is 21.4 Å². The monoisotopic (exact) mass is 330 g/mol. The molecule has 1 aromatic rings. The highest BCUT2D eigenvalue weighted by molar-refractivity contribution is 7.89. The Morgan fingerprint density at radius 1 is 1.29 bits per heavy atom. The van der Waals surface area contributed by atoms with Crippen LogP contribution in [0.1, 0.15) is 51.8 Å². The topological polar surface area (TPSA) is 72.2 Å². The van der Waals surface area contributed by atoms with Gasteiger partial charge in [0, 0.05) is 22.8 Å². The van der Waals surface area contributed by atoms with Crippen molar-refractivity contribution in [3.05, 3.63) is 16.3 Å². The minimum absolute atomic E-state index is 0.00465. The Labute approximate surface area is 132 Å². The van der Waals surface area contributed by atoms with Crippen molar-refractivity contribution in [1.82, 2.24) is 4.72 Å². The molecule has 1 aromatic heterocycles. The third-order valence-corrected chi connectivity index (χ3v) is 6.63. The molecule has 1 fully saturated rings. The molecule has 21 heavy (non-hydrogen) atoms. The second-order valence-corrected chi connectivity index (χ2v) is 10.4. The fourth-order valence-electron chi connectivity index (χ4n) is 3.83. The van der Waals surface area contributed by atoms with Gasteiger partial charge in [-0.15, -0.1) is 11.3 Å². The number of hydrogen-bond donors (Lipinski definition) is 2. The maximum absolute atomic E-state index is 12.5. The first kappa shape index (κ1) is 16.9. The molecule has 120 valence electrons. The predicted molar refractivity (Wildman–Crippen MR) is 87.7 cm³/mol. The number of thiophene rings is 1. The molecule has 0 bridgehead atoms. The SMILES string of the molecule is CC1(C)CC(NS(=O)(=O)c2csc(CN)c2)CC(C)(C)C1. The van der Waals surface area contributed by atoms with E-state index in [0.29, 0.717) is 11.4 Å². The van der Waals surface area contributed by atoms with Gasteiger partial charge in [-0.3, -0.25) is 0 Å². The van der Waals surface area contributed by atoms with Gasteiger partial charge in [0.15, 0.2) is 0 Å². The van der Waals surface area contributed by atoms with Crippen molar-refractivity contribution in [1.29, 1.82) is 0 Å². The zero-order valence-corrected chi connectivity index (χ0v) is 14.9. The number of nitrogens with two attached hydrogens (primary N) is 1. The van der Waals surface area contributed by atoms with Gasteiger partial charge in [-0.05, 0) is 36.2 Å². The lowest BCUT2D eigenvalue weighted by molar-refractivity contribution is 0.0934. The molecule has 1 saturated carbocycles. The van der Waals surface area contributed by atoms with Crippen LogP contribution in [0, 0.1) is 10.8 Å². The summed E-state index contributed by atoms with van der Waals surface area (Å²) in [5.74, 6) is 0. The summed E-state index contributed by atoms with van der Waals surface area (Å²) in [6.45, 7) is 9.24. The first-order chi connectivity index (χ1) is 9.53. The fourth-order valence-corrected chi connectivity index (χ4v) is 6.22. The molecule has 1 heterocycles. The Morgan fingerprint density at radius 2 is 1.86 bits per heavy atom. The van der Waals surface area contributed by atoms with Crippen molar-refractivity contribution in [2.45, 2.75) is 64.4 Å². The van der Waals surface area contributed by atoms with Gasteiger partial charge in [0.1, 0.15) is 0 Å². The highest BCUT2D eigenvalue weighted by atomic mass is 32.2. The smallest absolute Gasteiger partial charge is 0.241 e. The quantitative estimate of drug-likeness (QED) is 0.891. The average molecular weight is 331 g/mol. The maximum atomic E-state index is 12.5. The molecule has 1 aliphatic rings. The first-order valence-electron chi connectivity index (χ1n) is 7.33. The summed E-state index contributed by atoms with van der Waals surface area (Å²) < 4.78 is 27.9. The van der Waals surface area contributed by atoms with Gasteiger partial charge in [-0.2, -0.15) is 0 Å². The average Bonchev–Trinajstić information content (AvgIpc) is 2.72. The predicted octanol–water partition coefficient (Wildman–Crippen LogP) is 3.09. The molecule has 0 spiro atoms. The van der Waals surface area contributed by atoms with Crippen LogP contribution in [0.15, 0.2) is 16.3 Å². The second kappa shape index (κ2) is 5.65. The summed E-state index contributed by atoms with van der Waals surface area (Å²) in [6, 6.07) is 1.67. The summed E-state index contributed by atoms with van der Waals surface area (Å²) in [7, 11) is -3.44. The van der Waals surface area contributed by atoms with Crippen LogP contribution in [0.2, 0.25) is 0 Å². The first-order valence-corrected chi connectivity index (χ1v) is 9.69. The van der Waals surface area contributed by atoms with Gasteiger partial charge in [0.25, 0.3) is 0 Å². The third kappa shape index (κ3) is 4.28. The Morgan fingerprint density at radius 3 is 2.33 bits per heavy atom. The number of sulfonamides is 1. The summed E-state index contributed by atoms with van der Waals surface area (Å²) in [4.78, 5) is 1.23. The minimum Gasteiger partial charge on any atom is -0.326 e. The van der Waals surface area contributed by atoms with Crippen molar-refractivity contribution < 1.29 is 8.42 Å². The van der Waals surface area contributed by atoms with E-state index in [4.69, 9.17) is 5.73 Å². The molecule has 6 heteroatoms. The summed E-state index contributed by atoms with van der Waals surface area (Å²) >= 11 is 1.39. The maximum Gasteiger partial charge on any atom is 0.241 e. The number of hydrogen-bond acceptors (Lipinski definition) is 4. The van der Waals surface area contributed by atoms with Crippen molar-refractivity contribution in [3.8, 4) is 0 Å². The van der Waals surface area contributed by atoms with Gasteiger partial charge in [0.2, 0.25) is 10.0 Å². The highest BCUT2D eigenvalue weighted by Gasteiger charge is 2.39. The molecule has 0 aromatic carbocycles. The highest BCUT2D eigenvalue weighted by Crippen LogP contribution is 2.45. The van der Waals surface area contributed by atoms with E-state index < -0.39 is 10.0 Å². The third-order valence-electron chi connectivity index (χ3n) is 4.02. The van der Waals surface area contributed by atoms with Crippen LogP contribution in [0.25, 0.3) is 0 Å². The minimum atomic E-state index is -3.44. The Balaban J connectivity index is 2.16. The van der Waals surface area contributed by atoms with E-state index in [2.05, 4.69) is 32.4 Å². The van der Waals surface area contributed by atoms with Gasteiger partial charge in [-0.25, -0.2) is 13.1 Å². The lowest BCUT2D eigenvalue weighted by Gasteiger charge is -2.45. The Kier molecular flexibility index (Phi) is 4.55.